The molecule has 3 nitrogen and oxygen atoms in total. The number of esters is 1. The van der Waals surface area contributed by atoms with Crippen molar-refractivity contribution in [3.8, 4) is 0 Å². The second-order valence-corrected chi connectivity index (χ2v) is 3.92. The Labute approximate surface area is 110 Å². The standard InChI is InChI=1S/C12H13Cl2NO2/c1-2-17-11(16)7-4-8-15-10-6-3-5-9(13)12(10)14/h3-7,15H,2,8H2,1H3/b7-4+. The van der Waals surface area contributed by atoms with E-state index in [1.54, 1.807) is 25.1 Å². The Kier molecular flexibility index (Phi) is 5.87. The molecule has 1 rings (SSSR count). The lowest BCUT2D eigenvalue weighted by atomic mass is 10.3. The zero-order valence-corrected chi connectivity index (χ0v) is 10.9. The van der Waals surface area contributed by atoms with Crippen molar-refractivity contribution in [1.29, 1.82) is 0 Å². The molecule has 0 spiro atoms. The van der Waals surface area contributed by atoms with Crippen LogP contribution in [-0.2, 0) is 9.53 Å². The molecule has 1 aromatic rings. The van der Waals surface area contributed by atoms with Crippen molar-refractivity contribution >= 4 is 34.9 Å². The molecular formula is C12H13Cl2NO2. The van der Waals surface area contributed by atoms with Crippen LogP contribution in [0, 0.1) is 0 Å². The molecule has 5 heteroatoms. The first-order chi connectivity index (χ1) is 8.15. The molecule has 0 saturated heterocycles. The van der Waals surface area contributed by atoms with E-state index >= 15 is 0 Å². The predicted molar refractivity (Wildman–Crippen MR) is 70.7 cm³/mol. The first-order valence-corrected chi connectivity index (χ1v) is 5.92. The summed E-state index contributed by atoms with van der Waals surface area (Å²) < 4.78 is 4.74. The molecule has 1 aromatic carbocycles. The van der Waals surface area contributed by atoms with Gasteiger partial charge in [0, 0.05) is 12.6 Å². The van der Waals surface area contributed by atoms with E-state index in [0.717, 1.165) is 5.69 Å². The fourth-order valence-corrected chi connectivity index (χ4v) is 1.52. The molecule has 0 fully saturated rings. The van der Waals surface area contributed by atoms with Crippen molar-refractivity contribution in [2.45, 2.75) is 6.92 Å². The highest BCUT2D eigenvalue weighted by Gasteiger charge is 2.02. The maximum absolute atomic E-state index is 11.0. The number of rotatable bonds is 5. The zero-order valence-electron chi connectivity index (χ0n) is 9.37. The topological polar surface area (TPSA) is 38.3 Å². The fourth-order valence-electron chi connectivity index (χ4n) is 1.15. The molecule has 17 heavy (non-hydrogen) atoms. The molecule has 0 saturated carbocycles. The lowest BCUT2D eigenvalue weighted by Crippen LogP contribution is -2.02. The summed E-state index contributed by atoms with van der Waals surface area (Å²) in [7, 11) is 0. The van der Waals surface area contributed by atoms with Gasteiger partial charge in [-0.25, -0.2) is 4.79 Å². The SMILES string of the molecule is CCOC(=O)/C=C/CNc1cccc(Cl)c1Cl. The molecule has 0 bridgehead atoms. The summed E-state index contributed by atoms with van der Waals surface area (Å²) in [5.74, 6) is -0.355. The summed E-state index contributed by atoms with van der Waals surface area (Å²) in [6.07, 6.45) is 3.03. The number of hydrogen-bond acceptors (Lipinski definition) is 3. The summed E-state index contributed by atoms with van der Waals surface area (Å²) in [5.41, 5.74) is 0.729. The van der Waals surface area contributed by atoms with E-state index in [1.807, 2.05) is 6.07 Å². The molecule has 0 aromatic heterocycles. The normalized spacial score (nSPS) is 10.5. The van der Waals surface area contributed by atoms with Gasteiger partial charge in [0.15, 0.2) is 0 Å². The van der Waals surface area contributed by atoms with Gasteiger partial charge in [-0.15, -0.1) is 0 Å². The molecule has 92 valence electrons. The second-order valence-electron chi connectivity index (χ2n) is 3.14. The third-order valence-corrected chi connectivity index (χ3v) is 2.72. The maximum atomic E-state index is 11.0. The maximum Gasteiger partial charge on any atom is 0.330 e. The number of nitrogens with one attached hydrogen (secondary N) is 1. The van der Waals surface area contributed by atoms with Gasteiger partial charge in [0.2, 0.25) is 0 Å². The molecule has 1 N–H and O–H groups in total. The van der Waals surface area contributed by atoms with E-state index in [4.69, 9.17) is 27.9 Å². The number of halogens is 2. The highest BCUT2D eigenvalue weighted by atomic mass is 35.5. The molecule has 0 radical (unpaired) electrons. The van der Waals surface area contributed by atoms with Crippen LogP contribution in [-0.4, -0.2) is 19.1 Å². The van der Waals surface area contributed by atoms with Gasteiger partial charge in [0.05, 0.1) is 22.3 Å². The quantitative estimate of drug-likeness (QED) is 0.659. The summed E-state index contributed by atoms with van der Waals surface area (Å²) >= 11 is 11.8. The Balaban J connectivity index is 2.46. The van der Waals surface area contributed by atoms with E-state index in [0.29, 0.717) is 23.2 Å². The van der Waals surface area contributed by atoms with Gasteiger partial charge in [-0.3, -0.25) is 0 Å². The molecule has 0 aliphatic heterocycles. The van der Waals surface area contributed by atoms with Crippen molar-refractivity contribution in [2.75, 3.05) is 18.5 Å². The molecule has 0 atom stereocenters. The van der Waals surface area contributed by atoms with E-state index < -0.39 is 0 Å². The van der Waals surface area contributed by atoms with Crippen molar-refractivity contribution < 1.29 is 9.53 Å². The lowest BCUT2D eigenvalue weighted by Gasteiger charge is -2.06. The number of benzene rings is 1. The third-order valence-electron chi connectivity index (χ3n) is 1.90. The number of carbonyl (C=O) groups excluding carboxylic acids is 1. The van der Waals surface area contributed by atoms with Crippen LogP contribution in [0.1, 0.15) is 6.92 Å². The Hall–Kier alpha value is -1.19. The van der Waals surface area contributed by atoms with Crippen LogP contribution in [0.3, 0.4) is 0 Å². The zero-order chi connectivity index (χ0) is 12.7. The van der Waals surface area contributed by atoms with Gasteiger partial charge in [0.1, 0.15) is 0 Å². The van der Waals surface area contributed by atoms with Gasteiger partial charge in [-0.1, -0.05) is 35.3 Å². The largest absolute Gasteiger partial charge is 0.463 e. The molecular weight excluding hydrogens is 261 g/mol. The van der Waals surface area contributed by atoms with Crippen molar-refractivity contribution in [3.05, 3.63) is 40.4 Å². The summed E-state index contributed by atoms with van der Waals surface area (Å²) in [5, 5.41) is 4.00. The highest BCUT2D eigenvalue weighted by Crippen LogP contribution is 2.29. The van der Waals surface area contributed by atoms with E-state index in [1.165, 1.54) is 6.08 Å². The van der Waals surface area contributed by atoms with E-state index in [2.05, 4.69) is 5.32 Å². The summed E-state index contributed by atoms with van der Waals surface area (Å²) in [6, 6.07) is 5.32. The van der Waals surface area contributed by atoms with Gasteiger partial charge in [-0.05, 0) is 19.1 Å². The lowest BCUT2D eigenvalue weighted by molar-refractivity contribution is -0.137. The molecule has 0 amide bonds. The molecule has 0 aliphatic carbocycles. The number of carbonyl (C=O) groups is 1. The fraction of sp³-hybridized carbons (Fsp3) is 0.250. The van der Waals surface area contributed by atoms with Crippen LogP contribution < -0.4 is 5.32 Å². The number of anilines is 1. The third kappa shape index (κ3) is 4.67. The average Bonchev–Trinajstić information content (AvgIpc) is 2.30. The minimum absolute atomic E-state index is 0.355. The number of hydrogen-bond donors (Lipinski definition) is 1. The average molecular weight is 274 g/mol. The van der Waals surface area contributed by atoms with Crippen LogP contribution in [0.15, 0.2) is 30.4 Å². The smallest absolute Gasteiger partial charge is 0.330 e. The Morgan fingerprint density at radius 1 is 1.47 bits per heavy atom. The predicted octanol–water partition coefficient (Wildman–Crippen LogP) is 3.52. The monoisotopic (exact) mass is 273 g/mol. The Morgan fingerprint density at radius 3 is 2.94 bits per heavy atom. The van der Waals surface area contributed by atoms with Crippen LogP contribution in [0.4, 0.5) is 5.69 Å². The van der Waals surface area contributed by atoms with Crippen molar-refractivity contribution in [2.24, 2.45) is 0 Å². The summed E-state index contributed by atoms with van der Waals surface area (Å²) in [4.78, 5) is 11.0. The van der Waals surface area contributed by atoms with Gasteiger partial charge >= 0.3 is 5.97 Å². The van der Waals surface area contributed by atoms with Crippen LogP contribution in [0.2, 0.25) is 10.0 Å². The molecule has 0 heterocycles. The number of ether oxygens (including phenoxy) is 1. The van der Waals surface area contributed by atoms with Gasteiger partial charge < -0.3 is 10.1 Å². The van der Waals surface area contributed by atoms with Crippen molar-refractivity contribution in [1.82, 2.24) is 0 Å². The van der Waals surface area contributed by atoms with Crippen LogP contribution >= 0.6 is 23.2 Å². The Bertz CT molecular complexity index is 419. The van der Waals surface area contributed by atoms with E-state index in [-0.39, 0.29) is 5.97 Å². The van der Waals surface area contributed by atoms with Crippen molar-refractivity contribution in [3.63, 3.8) is 0 Å². The van der Waals surface area contributed by atoms with Crippen LogP contribution in [0.25, 0.3) is 0 Å². The minimum Gasteiger partial charge on any atom is -0.463 e. The van der Waals surface area contributed by atoms with E-state index in [9.17, 15) is 4.79 Å². The van der Waals surface area contributed by atoms with Gasteiger partial charge in [0.25, 0.3) is 0 Å². The second kappa shape index (κ2) is 7.20. The minimum atomic E-state index is -0.355. The van der Waals surface area contributed by atoms with Crippen LogP contribution in [0.5, 0.6) is 0 Å². The Morgan fingerprint density at radius 2 is 2.24 bits per heavy atom. The molecule has 0 unspecified atom stereocenters. The van der Waals surface area contributed by atoms with Gasteiger partial charge in [-0.2, -0.15) is 0 Å². The highest BCUT2D eigenvalue weighted by molar-refractivity contribution is 6.43. The first-order valence-electron chi connectivity index (χ1n) is 5.16. The molecule has 0 aliphatic rings. The summed E-state index contributed by atoms with van der Waals surface area (Å²) in [6.45, 7) is 2.60. The first kappa shape index (κ1) is 13.9.